The van der Waals surface area contributed by atoms with Gasteiger partial charge in [0.25, 0.3) is 0 Å². The molecule has 2 heterocycles. The number of benzene rings is 1. The molecule has 0 N–H and O–H groups in total. The predicted molar refractivity (Wildman–Crippen MR) is 72.0 cm³/mol. The maximum Gasteiger partial charge on any atom is 0.162 e. The van der Waals surface area contributed by atoms with Crippen LogP contribution in [0, 0.1) is 0 Å². The molecule has 0 aliphatic carbocycles. The molecule has 0 aliphatic rings. The van der Waals surface area contributed by atoms with Crippen LogP contribution in [0.4, 0.5) is 0 Å². The van der Waals surface area contributed by atoms with E-state index >= 15 is 0 Å². The Morgan fingerprint density at radius 1 is 1.11 bits per heavy atom. The lowest BCUT2D eigenvalue weighted by Gasteiger charge is -2.05. The van der Waals surface area contributed by atoms with Gasteiger partial charge in [-0.15, -0.1) is 0 Å². The van der Waals surface area contributed by atoms with Crippen molar-refractivity contribution in [1.29, 1.82) is 0 Å². The van der Waals surface area contributed by atoms with E-state index in [1.165, 1.54) is 0 Å². The number of hydrogen-bond acceptors (Lipinski definition) is 4. The SMILES string of the molecule is COc1cc2cn(-c3cccnc3)nc2cc1OC. The van der Waals surface area contributed by atoms with E-state index in [0.29, 0.717) is 11.5 Å². The van der Waals surface area contributed by atoms with Gasteiger partial charge < -0.3 is 9.47 Å². The van der Waals surface area contributed by atoms with Crippen molar-refractivity contribution in [1.82, 2.24) is 14.8 Å². The number of ether oxygens (including phenoxy) is 2. The summed E-state index contributed by atoms with van der Waals surface area (Å²) in [4.78, 5) is 4.09. The molecule has 0 amide bonds. The Balaban J connectivity index is 2.16. The molecule has 3 rings (SSSR count). The predicted octanol–water partition coefficient (Wildman–Crippen LogP) is 2.44. The van der Waals surface area contributed by atoms with Gasteiger partial charge in [-0.1, -0.05) is 0 Å². The zero-order valence-electron chi connectivity index (χ0n) is 10.7. The van der Waals surface area contributed by atoms with Crippen LogP contribution in [0.1, 0.15) is 0 Å². The molecule has 1 aromatic carbocycles. The summed E-state index contributed by atoms with van der Waals surface area (Å²) in [6, 6.07) is 7.60. The number of hydrogen-bond donors (Lipinski definition) is 0. The Hall–Kier alpha value is -2.56. The van der Waals surface area contributed by atoms with Gasteiger partial charge in [-0.3, -0.25) is 4.98 Å². The average molecular weight is 255 g/mol. The minimum absolute atomic E-state index is 0.673. The fourth-order valence-electron chi connectivity index (χ4n) is 1.97. The molecule has 0 fully saturated rings. The molecule has 2 aromatic heterocycles. The summed E-state index contributed by atoms with van der Waals surface area (Å²) in [6.45, 7) is 0. The van der Waals surface area contributed by atoms with Crippen molar-refractivity contribution in [2.45, 2.75) is 0 Å². The van der Waals surface area contributed by atoms with Gasteiger partial charge in [0.05, 0.1) is 31.6 Å². The Kier molecular flexibility index (Phi) is 2.79. The first-order valence-corrected chi connectivity index (χ1v) is 5.83. The second kappa shape index (κ2) is 4.61. The van der Waals surface area contributed by atoms with Gasteiger partial charge in [-0.2, -0.15) is 5.10 Å². The summed E-state index contributed by atoms with van der Waals surface area (Å²) in [7, 11) is 3.23. The van der Waals surface area contributed by atoms with E-state index in [4.69, 9.17) is 9.47 Å². The molecule has 0 aliphatic heterocycles. The average Bonchev–Trinajstić information content (AvgIpc) is 2.89. The minimum Gasteiger partial charge on any atom is -0.493 e. The Labute approximate surface area is 110 Å². The highest BCUT2D eigenvalue weighted by Gasteiger charge is 2.09. The summed E-state index contributed by atoms with van der Waals surface area (Å²) in [5.74, 6) is 1.37. The summed E-state index contributed by atoms with van der Waals surface area (Å²) in [5.41, 5.74) is 1.76. The van der Waals surface area contributed by atoms with E-state index in [-0.39, 0.29) is 0 Å². The van der Waals surface area contributed by atoms with Crippen LogP contribution in [0.25, 0.3) is 16.6 Å². The number of methoxy groups -OCH3 is 2. The number of aromatic nitrogens is 3. The molecule has 5 heteroatoms. The second-order valence-electron chi connectivity index (χ2n) is 4.05. The molecule has 3 aromatic rings. The number of nitrogens with zero attached hydrogens (tertiary/aromatic N) is 3. The molecular weight excluding hydrogens is 242 g/mol. The normalized spacial score (nSPS) is 10.6. The standard InChI is InChI=1S/C14H13N3O2/c1-18-13-6-10-9-17(11-4-3-5-15-8-11)16-12(10)7-14(13)19-2/h3-9H,1-2H3. The van der Waals surface area contributed by atoms with E-state index in [9.17, 15) is 0 Å². The molecule has 0 atom stereocenters. The highest BCUT2D eigenvalue weighted by Crippen LogP contribution is 2.31. The van der Waals surface area contributed by atoms with Gasteiger partial charge >= 0.3 is 0 Å². The first kappa shape index (κ1) is 11.5. The summed E-state index contributed by atoms with van der Waals surface area (Å²) in [5, 5.41) is 5.50. The van der Waals surface area contributed by atoms with Crippen molar-refractivity contribution in [2.24, 2.45) is 0 Å². The van der Waals surface area contributed by atoms with Crippen molar-refractivity contribution < 1.29 is 9.47 Å². The second-order valence-corrected chi connectivity index (χ2v) is 4.05. The maximum absolute atomic E-state index is 5.28. The van der Waals surface area contributed by atoms with Crippen molar-refractivity contribution in [2.75, 3.05) is 14.2 Å². The van der Waals surface area contributed by atoms with Crippen molar-refractivity contribution >= 4 is 10.9 Å². The van der Waals surface area contributed by atoms with Gasteiger partial charge in [0.2, 0.25) is 0 Å². The van der Waals surface area contributed by atoms with Gasteiger partial charge in [-0.25, -0.2) is 4.68 Å². The van der Waals surface area contributed by atoms with Crippen molar-refractivity contribution in [3.8, 4) is 17.2 Å². The van der Waals surface area contributed by atoms with E-state index < -0.39 is 0 Å². The zero-order valence-corrected chi connectivity index (χ0v) is 10.7. The fourth-order valence-corrected chi connectivity index (χ4v) is 1.97. The van der Waals surface area contributed by atoms with Crippen LogP contribution in [-0.4, -0.2) is 29.0 Å². The summed E-state index contributed by atoms with van der Waals surface area (Å²) >= 11 is 0. The third kappa shape index (κ3) is 1.99. The fraction of sp³-hybridized carbons (Fsp3) is 0.143. The quantitative estimate of drug-likeness (QED) is 0.721. The van der Waals surface area contributed by atoms with Gasteiger partial charge in [0, 0.05) is 23.8 Å². The van der Waals surface area contributed by atoms with Crippen LogP contribution in [0.2, 0.25) is 0 Å². The maximum atomic E-state index is 5.28. The van der Waals surface area contributed by atoms with Crippen LogP contribution in [0.15, 0.2) is 42.9 Å². The number of pyridine rings is 1. The summed E-state index contributed by atoms with van der Waals surface area (Å²) in [6.07, 6.45) is 5.44. The van der Waals surface area contributed by atoms with Crippen LogP contribution < -0.4 is 9.47 Å². The summed E-state index contributed by atoms with van der Waals surface area (Å²) < 4.78 is 12.3. The van der Waals surface area contributed by atoms with Crippen LogP contribution in [0.3, 0.4) is 0 Å². The van der Waals surface area contributed by atoms with E-state index in [1.807, 2.05) is 30.5 Å². The monoisotopic (exact) mass is 255 g/mol. The molecule has 19 heavy (non-hydrogen) atoms. The van der Waals surface area contributed by atoms with Gasteiger partial charge in [0.1, 0.15) is 0 Å². The number of fused-ring (bicyclic) bond motifs is 1. The molecular formula is C14H13N3O2. The smallest absolute Gasteiger partial charge is 0.162 e. The van der Waals surface area contributed by atoms with Crippen LogP contribution in [0.5, 0.6) is 11.5 Å². The van der Waals surface area contributed by atoms with Gasteiger partial charge in [0.15, 0.2) is 11.5 Å². The van der Waals surface area contributed by atoms with E-state index in [2.05, 4.69) is 10.1 Å². The van der Waals surface area contributed by atoms with Crippen molar-refractivity contribution in [3.63, 3.8) is 0 Å². The lowest BCUT2D eigenvalue weighted by molar-refractivity contribution is 0.356. The van der Waals surface area contributed by atoms with Gasteiger partial charge in [-0.05, 0) is 18.2 Å². The Bertz CT molecular complexity index is 666. The third-order valence-electron chi connectivity index (χ3n) is 2.92. The zero-order chi connectivity index (χ0) is 13.2. The molecule has 0 unspecified atom stereocenters. The largest absolute Gasteiger partial charge is 0.493 e. The van der Waals surface area contributed by atoms with Crippen LogP contribution in [-0.2, 0) is 0 Å². The van der Waals surface area contributed by atoms with E-state index in [1.54, 1.807) is 31.3 Å². The third-order valence-corrected chi connectivity index (χ3v) is 2.92. The topological polar surface area (TPSA) is 49.2 Å². The molecule has 0 saturated carbocycles. The highest BCUT2D eigenvalue weighted by atomic mass is 16.5. The lowest BCUT2D eigenvalue weighted by atomic mass is 10.2. The highest BCUT2D eigenvalue weighted by molar-refractivity contribution is 5.82. The molecule has 5 nitrogen and oxygen atoms in total. The van der Waals surface area contributed by atoms with E-state index in [0.717, 1.165) is 16.6 Å². The molecule has 96 valence electrons. The van der Waals surface area contributed by atoms with Crippen molar-refractivity contribution in [3.05, 3.63) is 42.9 Å². The first-order valence-electron chi connectivity index (χ1n) is 5.83. The Morgan fingerprint density at radius 3 is 2.58 bits per heavy atom. The molecule has 0 saturated heterocycles. The molecule has 0 radical (unpaired) electrons. The molecule has 0 bridgehead atoms. The minimum atomic E-state index is 0.673. The lowest BCUT2D eigenvalue weighted by Crippen LogP contribution is -1.94. The Morgan fingerprint density at radius 2 is 1.89 bits per heavy atom. The molecule has 0 spiro atoms. The van der Waals surface area contributed by atoms with Crippen LogP contribution >= 0.6 is 0 Å². The number of rotatable bonds is 3. The first-order chi connectivity index (χ1) is 9.31.